The van der Waals surface area contributed by atoms with Crippen LogP contribution < -0.4 is 11.1 Å². The first-order valence-corrected chi connectivity index (χ1v) is 7.19. The second-order valence-corrected chi connectivity index (χ2v) is 5.93. The Kier molecular flexibility index (Phi) is 5.76. The van der Waals surface area contributed by atoms with E-state index >= 15 is 0 Å². The molecule has 0 aliphatic rings. The molecule has 0 heterocycles. The van der Waals surface area contributed by atoms with E-state index in [2.05, 4.69) is 5.32 Å². The average Bonchev–Trinajstić information content (AvgIpc) is 2.35. The highest BCUT2D eigenvalue weighted by molar-refractivity contribution is 8.02. The molecular formula is C14H20N2O3S. The van der Waals surface area contributed by atoms with Crippen molar-refractivity contribution in [3.63, 3.8) is 0 Å². The van der Waals surface area contributed by atoms with Crippen molar-refractivity contribution in [2.24, 2.45) is 11.7 Å². The summed E-state index contributed by atoms with van der Waals surface area (Å²) in [4.78, 5) is 11.5. The maximum Gasteiger partial charge on any atom is 0.223 e. The first-order chi connectivity index (χ1) is 9.31. The maximum atomic E-state index is 11.5. The fraction of sp³-hybridized carbons (Fsp3) is 0.357. The van der Waals surface area contributed by atoms with Gasteiger partial charge in [0.05, 0.1) is 5.37 Å². The lowest BCUT2D eigenvalue weighted by Gasteiger charge is -2.14. The summed E-state index contributed by atoms with van der Waals surface area (Å²) in [6.45, 7) is 5.50. The molecule has 5 nitrogen and oxygen atoms in total. The Bertz CT molecular complexity index is 515. The van der Waals surface area contributed by atoms with Crippen molar-refractivity contribution < 1.29 is 15.0 Å². The molecule has 1 aromatic rings. The number of carbonyl (C=O) groups is 1. The number of nitrogens with two attached hydrogens (primary N) is 1. The summed E-state index contributed by atoms with van der Waals surface area (Å²) in [5.74, 6) is -0.201. The van der Waals surface area contributed by atoms with Crippen LogP contribution in [0.4, 0.5) is 0 Å². The van der Waals surface area contributed by atoms with Gasteiger partial charge < -0.3 is 21.3 Å². The normalized spacial score (nSPS) is 13.3. The quantitative estimate of drug-likeness (QED) is 0.625. The minimum absolute atomic E-state index is 0.0237. The molecule has 0 fully saturated rings. The summed E-state index contributed by atoms with van der Waals surface area (Å²) in [6.07, 6.45) is 0. The van der Waals surface area contributed by atoms with E-state index in [1.807, 2.05) is 20.8 Å². The van der Waals surface area contributed by atoms with Gasteiger partial charge in [0.2, 0.25) is 5.91 Å². The first kappa shape index (κ1) is 16.2. The van der Waals surface area contributed by atoms with Crippen molar-refractivity contribution in [2.45, 2.75) is 26.1 Å². The molecule has 1 amide bonds. The number of phenolic OH excluding ortho intramolecular Hbond substituents is 2. The third kappa shape index (κ3) is 4.70. The molecule has 0 bridgehead atoms. The topological polar surface area (TPSA) is 95.6 Å². The van der Waals surface area contributed by atoms with Gasteiger partial charge in [-0.1, -0.05) is 13.8 Å². The van der Waals surface area contributed by atoms with E-state index in [4.69, 9.17) is 5.73 Å². The van der Waals surface area contributed by atoms with Gasteiger partial charge in [-0.15, -0.1) is 11.8 Å². The van der Waals surface area contributed by atoms with Crippen molar-refractivity contribution in [2.75, 3.05) is 0 Å². The zero-order chi connectivity index (χ0) is 15.3. The minimum Gasteiger partial charge on any atom is -0.508 e. The second kappa shape index (κ2) is 7.09. The SMILES string of the molecule is CC(NC(=O)C(C)C)S/C=C(\N)c1ccc(O)cc1O. The van der Waals surface area contributed by atoms with E-state index in [0.29, 0.717) is 11.3 Å². The molecule has 20 heavy (non-hydrogen) atoms. The molecule has 1 aromatic carbocycles. The molecule has 0 radical (unpaired) electrons. The van der Waals surface area contributed by atoms with Crippen LogP contribution in [0.15, 0.2) is 23.6 Å². The van der Waals surface area contributed by atoms with Crippen LogP contribution >= 0.6 is 11.8 Å². The molecule has 1 atom stereocenters. The summed E-state index contributed by atoms with van der Waals surface area (Å²) >= 11 is 1.35. The second-order valence-electron chi connectivity index (χ2n) is 4.72. The zero-order valence-electron chi connectivity index (χ0n) is 11.8. The van der Waals surface area contributed by atoms with E-state index in [9.17, 15) is 15.0 Å². The van der Waals surface area contributed by atoms with E-state index in [-0.39, 0.29) is 28.7 Å². The van der Waals surface area contributed by atoms with Crippen LogP contribution in [0.1, 0.15) is 26.3 Å². The predicted molar refractivity (Wildman–Crippen MR) is 82.0 cm³/mol. The number of amides is 1. The molecule has 0 aromatic heterocycles. The van der Waals surface area contributed by atoms with Gasteiger partial charge in [0.1, 0.15) is 11.5 Å². The number of nitrogens with one attached hydrogen (secondary N) is 1. The Hall–Kier alpha value is -1.82. The maximum absolute atomic E-state index is 11.5. The number of hydrogen-bond donors (Lipinski definition) is 4. The van der Waals surface area contributed by atoms with E-state index in [1.54, 1.807) is 5.41 Å². The zero-order valence-corrected chi connectivity index (χ0v) is 12.6. The third-order valence-corrected chi connectivity index (χ3v) is 3.48. The summed E-state index contributed by atoms with van der Waals surface area (Å²) in [5, 5.41) is 23.3. The fourth-order valence-electron chi connectivity index (χ4n) is 1.40. The molecule has 0 saturated carbocycles. The number of thioether (sulfide) groups is 1. The van der Waals surface area contributed by atoms with Gasteiger partial charge in [0.25, 0.3) is 0 Å². The number of carbonyl (C=O) groups excluding carboxylic acids is 1. The van der Waals surface area contributed by atoms with Gasteiger partial charge in [-0.05, 0) is 24.5 Å². The van der Waals surface area contributed by atoms with E-state index in [0.717, 1.165) is 0 Å². The van der Waals surface area contributed by atoms with Crippen LogP contribution in [-0.2, 0) is 4.79 Å². The number of benzene rings is 1. The molecule has 0 saturated heterocycles. The Morgan fingerprint density at radius 2 is 2.00 bits per heavy atom. The van der Waals surface area contributed by atoms with Gasteiger partial charge >= 0.3 is 0 Å². The van der Waals surface area contributed by atoms with Crippen molar-refractivity contribution in [1.29, 1.82) is 0 Å². The smallest absolute Gasteiger partial charge is 0.223 e. The van der Waals surface area contributed by atoms with Crippen molar-refractivity contribution in [1.82, 2.24) is 5.32 Å². The van der Waals surface area contributed by atoms with Gasteiger partial charge in [-0.3, -0.25) is 4.79 Å². The lowest BCUT2D eigenvalue weighted by molar-refractivity contribution is -0.124. The average molecular weight is 296 g/mol. The van der Waals surface area contributed by atoms with Crippen LogP contribution in [0.2, 0.25) is 0 Å². The van der Waals surface area contributed by atoms with Gasteiger partial charge in [-0.25, -0.2) is 0 Å². The molecule has 0 aliphatic carbocycles. The Labute approximate surface area is 122 Å². The highest BCUT2D eigenvalue weighted by Gasteiger charge is 2.11. The number of hydrogen-bond acceptors (Lipinski definition) is 5. The summed E-state index contributed by atoms with van der Waals surface area (Å²) in [7, 11) is 0. The van der Waals surface area contributed by atoms with Crippen LogP contribution in [0.25, 0.3) is 5.70 Å². The first-order valence-electron chi connectivity index (χ1n) is 6.25. The number of phenols is 2. The van der Waals surface area contributed by atoms with E-state index in [1.165, 1.54) is 30.0 Å². The molecular weight excluding hydrogens is 276 g/mol. The molecule has 110 valence electrons. The molecule has 0 spiro atoms. The third-order valence-electron chi connectivity index (χ3n) is 2.56. The van der Waals surface area contributed by atoms with Crippen molar-refractivity contribution in [3.05, 3.63) is 29.2 Å². The summed E-state index contributed by atoms with van der Waals surface area (Å²) in [5.41, 5.74) is 6.69. The minimum atomic E-state index is -0.122. The van der Waals surface area contributed by atoms with Crippen LogP contribution in [0.3, 0.4) is 0 Å². The van der Waals surface area contributed by atoms with Gasteiger partial charge in [-0.2, -0.15) is 0 Å². The summed E-state index contributed by atoms with van der Waals surface area (Å²) < 4.78 is 0. The molecule has 1 unspecified atom stereocenters. The van der Waals surface area contributed by atoms with Crippen LogP contribution in [0.5, 0.6) is 11.5 Å². The largest absolute Gasteiger partial charge is 0.508 e. The number of rotatable bonds is 5. The standard InChI is InChI=1S/C14H20N2O3S/c1-8(2)14(19)16-9(3)20-7-12(15)11-5-4-10(17)6-13(11)18/h4-9,17-18H,15H2,1-3H3,(H,16,19)/b12-7-. The molecule has 6 heteroatoms. The number of aromatic hydroxyl groups is 2. The molecule has 1 rings (SSSR count). The van der Waals surface area contributed by atoms with Gasteiger partial charge in [0.15, 0.2) is 0 Å². The van der Waals surface area contributed by atoms with E-state index < -0.39 is 0 Å². The lowest BCUT2D eigenvalue weighted by atomic mass is 10.1. The van der Waals surface area contributed by atoms with Crippen LogP contribution in [-0.4, -0.2) is 21.5 Å². The molecule has 5 N–H and O–H groups in total. The van der Waals surface area contributed by atoms with Crippen LogP contribution in [0, 0.1) is 5.92 Å². The Morgan fingerprint density at radius 1 is 1.35 bits per heavy atom. The Morgan fingerprint density at radius 3 is 2.55 bits per heavy atom. The highest BCUT2D eigenvalue weighted by atomic mass is 32.2. The molecule has 0 aliphatic heterocycles. The van der Waals surface area contributed by atoms with Gasteiger partial charge in [0, 0.05) is 23.2 Å². The van der Waals surface area contributed by atoms with Crippen molar-refractivity contribution in [3.8, 4) is 11.5 Å². The predicted octanol–water partition coefficient (Wildman–Crippen LogP) is 2.21. The lowest BCUT2D eigenvalue weighted by Crippen LogP contribution is -2.33. The fourth-order valence-corrected chi connectivity index (χ4v) is 2.07. The highest BCUT2D eigenvalue weighted by Crippen LogP contribution is 2.28. The monoisotopic (exact) mass is 296 g/mol. The Balaban J connectivity index is 2.67. The summed E-state index contributed by atoms with van der Waals surface area (Å²) in [6, 6.07) is 4.21. The van der Waals surface area contributed by atoms with Crippen molar-refractivity contribution >= 4 is 23.4 Å².